The van der Waals surface area contributed by atoms with Crippen molar-refractivity contribution in [3.63, 3.8) is 0 Å². The first-order chi connectivity index (χ1) is 12.2. The Bertz CT molecular complexity index is 938. The maximum atomic E-state index is 5.59. The normalized spacial score (nSPS) is 20.4. The Labute approximate surface area is 145 Å². The Morgan fingerprint density at radius 1 is 1.20 bits per heavy atom. The molecule has 25 heavy (non-hydrogen) atoms. The largest absolute Gasteiger partial charge is 0.381 e. The minimum Gasteiger partial charge on any atom is -0.381 e. The van der Waals surface area contributed by atoms with Crippen molar-refractivity contribution in [1.82, 2.24) is 29.4 Å². The first-order valence-electron chi connectivity index (χ1n) is 8.76. The highest BCUT2D eigenvalue weighted by molar-refractivity contribution is 5.73. The summed E-state index contributed by atoms with van der Waals surface area (Å²) in [6.45, 7) is 8.20. The average molecular weight is 339 g/mol. The van der Waals surface area contributed by atoms with Crippen LogP contribution in [0, 0.1) is 13.8 Å². The van der Waals surface area contributed by atoms with Crippen molar-refractivity contribution in [2.45, 2.75) is 39.3 Å². The highest BCUT2D eigenvalue weighted by Gasteiger charge is 2.29. The van der Waals surface area contributed by atoms with E-state index in [1.807, 2.05) is 17.6 Å². The van der Waals surface area contributed by atoms with Gasteiger partial charge < -0.3 is 9.64 Å². The molecule has 0 bridgehead atoms. The Morgan fingerprint density at radius 2 is 2.12 bits per heavy atom. The summed E-state index contributed by atoms with van der Waals surface area (Å²) in [6.07, 6.45) is 4.58. The van der Waals surface area contributed by atoms with Crippen LogP contribution in [0.1, 0.15) is 35.1 Å². The molecule has 0 unspecified atom stereocenters. The lowest BCUT2D eigenvalue weighted by molar-refractivity contribution is 0.193. The van der Waals surface area contributed by atoms with Crippen LogP contribution < -0.4 is 4.90 Å². The van der Waals surface area contributed by atoms with Crippen molar-refractivity contribution < 1.29 is 4.74 Å². The zero-order valence-electron chi connectivity index (χ0n) is 14.5. The molecular formula is C17H21N7O. The number of aryl methyl sites for hydroxylation is 2. The van der Waals surface area contributed by atoms with Crippen LogP contribution in [0.4, 0.5) is 5.82 Å². The van der Waals surface area contributed by atoms with Gasteiger partial charge in [-0.3, -0.25) is 4.68 Å². The van der Waals surface area contributed by atoms with Gasteiger partial charge in [0.1, 0.15) is 17.7 Å². The molecule has 5 rings (SSSR count). The Kier molecular flexibility index (Phi) is 3.27. The highest BCUT2D eigenvalue weighted by atomic mass is 16.5. The molecule has 0 aliphatic carbocycles. The van der Waals surface area contributed by atoms with Gasteiger partial charge in [-0.15, -0.1) is 0 Å². The van der Waals surface area contributed by atoms with Gasteiger partial charge in [-0.2, -0.15) is 10.2 Å². The Morgan fingerprint density at radius 3 is 2.96 bits per heavy atom. The zero-order valence-corrected chi connectivity index (χ0v) is 14.5. The predicted molar refractivity (Wildman–Crippen MR) is 91.7 cm³/mol. The van der Waals surface area contributed by atoms with E-state index in [-0.39, 0.29) is 0 Å². The molecule has 0 aromatic carbocycles. The molecular weight excluding hydrogens is 318 g/mol. The second kappa shape index (κ2) is 5.52. The topological polar surface area (TPSA) is 73.4 Å². The molecule has 1 fully saturated rings. The summed E-state index contributed by atoms with van der Waals surface area (Å²) in [5, 5.41) is 8.89. The van der Waals surface area contributed by atoms with Gasteiger partial charge in [0.2, 0.25) is 0 Å². The molecule has 2 aliphatic rings. The molecule has 2 aliphatic heterocycles. The van der Waals surface area contributed by atoms with Crippen molar-refractivity contribution in [2.24, 2.45) is 0 Å². The molecule has 8 heteroatoms. The van der Waals surface area contributed by atoms with Gasteiger partial charge in [0, 0.05) is 19.1 Å². The van der Waals surface area contributed by atoms with Crippen LogP contribution in [0.2, 0.25) is 0 Å². The maximum Gasteiger partial charge on any atom is 0.158 e. The van der Waals surface area contributed by atoms with Crippen molar-refractivity contribution in [3.05, 3.63) is 35.3 Å². The van der Waals surface area contributed by atoms with Crippen LogP contribution in [0.25, 0.3) is 5.52 Å². The number of hydrogen-bond acceptors (Lipinski definition) is 6. The van der Waals surface area contributed by atoms with Crippen LogP contribution in [-0.2, 0) is 17.8 Å². The summed E-state index contributed by atoms with van der Waals surface area (Å²) in [6, 6.07) is 0. The van der Waals surface area contributed by atoms with E-state index in [1.54, 1.807) is 6.33 Å². The number of rotatable bonds is 2. The van der Waals surface area contributed by atoms with E-state index in [9.17, 15) is 0 Å². The number of imidazole rings is 1. The second-order valence-corrected chi connectivity index (χ2v) is 6.87. The number of anilines is 1. The average Bonchev–Trinajstić information content (AvgIpc) is 3.35. The fourth-order valence-electron chi connectivity index (χ4n) is 3.91. The summed E-state index contributed by atoms with van der Waals surface area (Å²) in [4.78, 5) is 11.8. The number of hydrogen-bond donors (Lipinski definition) is 0. The minimum atomic E-state index is 0.325. The molecule has 130 valence electrons. The third-order valence-corrected chi connectivity index (χ3v) is 5.30. The van der Waals surface area contributed by atoms with Gasteiger partial charge >= 0.3 is 0 Å². The van der Waals surface area contributed by atoms with Gasteiger partial charge in [-0.1, -0.05) is 0 Å². The fourth-order valence-corrected chi connectivity index (χ4v) is 3.91. The molecule has 0 spiro atoms. The fraction of sp³-hybridized carbons (Fsp3) is 0.529. The third-order valence-electron chi connectivity index (χ3n) is 5.30. The lowest BCUT2D eigenvalue weighted by Gasteiger charge is -2.29. The molecule has 3 aromatic rings. The summed E-state index contributed by atoms with van der Waals surface area (Å²) < 4.78 is 9.61. The standard InChI is InChI=1S/C17H21N7O/c1-11-7-19-23-5-4-22(8-14(11)23)17-16-15(13-3-6-25-9-13)21-12(2)24(16)20-10-18-17/h7,10,13H,3-6,8-9H2,1-2H3/t13-/m0/s1. The van der Waals surface area contributed by atoms with Gasteiger partial charge in [0.05, 0.1) is 37.3 Å². The van der Waals surface area contributed by atoms with E-state index < -0.39 is 0 Å². The zero-order chi connectivity index (χ0) is 17.0. The van der Waals surface area contributed by atoms with Crippen molar-refractivity contribution in [1.29, 1.82) is 0 Å². The molecule has 0 radical (unpaired) electrons. The van der Waals surface area contributed by atoms with E-state index >= 15 is 0 Å². The number of aromatic nitrogens is 6. The van der Waals surface area contributed by atoms with Gasteiger partial charge in [0.25, 0.3) is 0 Å². The number of ether oxygens (including phenoxy) is 1. The van der Waals surface area contributed by atoms with Crippen LogP contribution >= 0.6 is 0 Å². The minimum absolute atomic E-state index is 0.325. The first kappa shape index (κ1) is 14.8. The van der Waals surface area contributed by atoms with Crippen molar-refractivity contribution >= 4 is 11.3 Å². The summed E-state index contributed by atoms with van der Waals surface area (Å²) >= 11 is 0. The molecule has 5 heterocycles. The van der Waals surface area contributed by atoms with E-state index in [1.165, 1.54) is 11.3 Å². The summed E-state index contributed by atoms with van der Waals surface area (Å²) in [5.74, 6) is 2.19. The van der Waals surface area contributed by atoms with Crippen LogP contribution in [0.3, 0.4) is 0 Å². The van der Waals surface area contributed by atoms with Gasteiger partial charge in [0.15, 0.2) is 5.82 Å². The maximum absolute atomic E-state index is 5.59. The smallest absolute Gasteiger partial charge is 0.158 e. The highest BCUT2D eigenvalue weighted by Crippen LogP contribution is 2.33. The quantitative estimate of drug-likeness (QED) is 0.704. The van der Waals surface area contributed by atoms with Gasteiger partial charge in [-0.25, -0.2) is 14.5 Å². The second-order valence-electron chi connectivity index (χ2n) is 6.87. The number of fused-ring (bicyclic) bond motifs is 2. The number of nitrogens with zero attached hydrogens (tertiary/aromatic N) is 7. The van der Waals surface area contributed by atoms with Crippen LogP contribution in [-0.4, -0.2) is 49.1 Å². The van der Waals surface area contributed by atoms with E-state index in [0.29, 0.717) is 5.92 Å². The molecule has 3 aromatic heterocycles. The third kappa shape index (κ3) is 2.24. The molecule has 0 saturated carbocycles. The Hall–Kier alpha value is -2.48. The Balaban J connectivity index is 1.63. The molecule has 0 N–H and O–H groups in total. The SMILES string of the molecule is Cc1cnn2c1CN(c1ncnn3c(C)nc([C@H]4CCOC4)c13)CC2. The molecule has 8 nitrogen and oxygen atoms in total. The summed E-state index contributed by atoms with van der Waals surface area (Å²) in [5.41, 5.74) is 4.58. The lowest BCUT2D eigenvalue weighted by Crippen LogP contribution is -2.35. The lowest BCUT2D eigenvalue weighted by atomic mass is 10.0. The van der Waals surface area contributed by atoms with Gasteiger partial charge in [-0.05, 0) is 25.8 Å². The van der Waals surface area contributed by atoms with Crippen molar-refractivity contribution in [2.75, 3.05) is 24.7 Å². The molecule has 0 amide bonds. The van der Waals surface area contributed by atoms with E-state index in [4.69, 9.17) is 9.72 Å². The molecule has 1 atom stereocenters. The monoisotopic (exact) mass is 339 g/mol. The van der Waals surface area contributed by atoms with Crippen LogP contribution in [0.15, 0.2) is 12.5 Å². The predicted octanol–water partition coefficient (Wildman–Crippen LogP) is 1.46. The van der Waals surface area contributed by atoms with Crippen LogP contribution in [0.5, 0.6) is 0 Å². The first-order valence-corrected chi connectivity index (χ1v) is 8.76. The van der Waals surface area contributed by atoms with Crippen molar-refractivity contribution in [3.8, 4) is 0 Å². The molecule has 1 saturated heterocycles. The van der Waals surface area contributed by atoms with E-state index in [2.05, 4.69) is 31.7 Å². The van der Waals surface area contributed by atoms with E-state index in [0.717, 1.165) is 62.1 Å². The summed E-state index contributed by atoms with van der Waals surface area (Å²) in [7, 11) is 0.